The number of aryl methyl sites for hydroxylation is 1. The van der Waals surface area contributed by atoms with Crippen molar-refractivity contribution in [2.75, 3.05) is 29.5 Å². The number of thioether (sulfide) groups is 1. The molecule has 2 N–H and O–H groups in total. The zero-order chi connectivity index (χ0) is 17.6. The number of carbonyl (C=O) groups excluding carboxylic acids is 1. The first-order valence-corrected chi connectivity index (χ1v) is 10.2. The fourth-order valence-corrected chi connectivity index (χ4v) is 4.08. The summed E-state index contributed by atoms with van der Waals surface area (Å²) in [6.45, 7) is 3.50. The minimum Gasteiger partial charge on any atom is -0.376 e. The number of benzene rings is 1. The van der Waals surface area contributed by atoms with Crippen LogP contribution in [-0.2, 0) is 9.53 Å². The van der Waals surface area contributed by atoms with Crippen molar-refractivity contribution >= 4 is 51.4 Å². The number of halogens is 1. The van der Waals surface area contributed by atoms with E-state index in [9.17, 15) is 4.79 Å². The van der Waals surface area contributed by atoms with Crippen LogP contribution in [0.1, 0.15) is 18.4 Å². The molecule has 134 valence electrons. The maximum absolute atomic E-state index is 12.0. The van der Waals surface area contributed by atoms with E-state index >= 15 is 0 Å². The van der Waals surface area contributed by atoms with Crippen LogP contribution in [0.5, 0.6) is 0 Å². The summed E-state index contributed by atoms with van der Waals surface area (Å²) in [7, 11) is 0. The van der Waals surface area contributed by atoms with Crippen LogP contribution < -0.4 is 10.6 Å². The fraction of sp³-hybridized carbons (Fsp3) is 0.438. The van der Waals surface area contributed by atoms with Crippen LogP contribution >= 0.6 is 34.7 Å². The van der Waals surface area contributed by atoms with Gasteiger partial charge in [0.15, 0.2) is 4.34 Å². The Hall–Kier alpha value is -1.35. The van der Waals surface area contributed by atoms with Gasteiger partial charge in [-0.2, -0.15) is 0 Å². The quantitative estimate of drug-likeness (QED) is 0.690. The van der Waals surface area contributed by atoms with Gasteiger partial charge in [-0.25, -0.2) is 0 Å². The van der Waals surface area contributed by atoms with Gasteiger partial charge in [0.2, 0.25) is 11.0 Å². The Morgan fingerprint density at radius 2 is 2.36 bits per heavy atom. The van der Waals surface area contributed by atoms with Crippen molar-refractivity contribution in [3.05, 3.63) is 28.8 Å². The molecule has 2 heterocycles. The second kappa shape index (κ2) is 8.84. The lowest BCUT2D eigenvalue weighted by molar-refractivity contribution is -0.113. The maximum atomic E-state index is 12.0. The van der Waals surface area contributed by atoms with Gasteiger partial charge in [-0.1, -0.05) is 40.8 Å². The lowest BCUT2D eigenvalue weighted by Crippen LogP contribution is -2.18. The van der Waals surface area contributed by atoms with Gasteiger partial charge in [-0.15, -0.1) is 10.2 Å². The van der Waals surface area contributed by atoms with Crippen molar-refractivity contribution in [3.8, 4) is 0 Å². The van der Waals surface area contributed by atoms with Gasteiger partial charge in [0, 0.05) is 23.9 Å². The number of nitrogens with zero attached hydrogens (tertiary/aromatic N) is 2. The molecule has 1 aromatic carbocycles. The van der Waals surface area contributed by atoms with E-state index in [4.69, 9.17) is 16.3 Å². The third kappa shape index (κ3) is 5.57. The van der Waals surface area contributed by atoms with Crippen molar-refractivity contribution < 1.29 is 9.53 Å². The molecule has 9 heteroatoms. The summed E-state index contributed by atoms with van der Waals surface area (Å²) >= 11 is 8.87. The SMILES string of the molecule is Cc1ccc(NC(=O)CSc2nnc(NCC3CCCO3)s2)cc1Cl. The van der Waals surface area contributed by atoms with Gasteiger partial charge < -0.3 is 15.4 Å². The minimum absolute atomic E-state index is 0.103. The minimum atomic E-state index is -0.103. The summed E-state index contributed by atoms with van der Waals surface area (Å²) in [4.78, 5) is 12.0. The van der Waals surface area contributed by atoms with Crippen LogP contribution in [0.3, 0.4) is 0 Å². The number of hydrogen-bond donors (Lipinski definition) is 2. The topological polar surface area (TPSA) is 76.1 Å². The first-order valence-electron chi connectivity index (χ1n) is 7.98. The molecular weight excluding hydrogens is 380 g/mol. The zero-order valence-electron chi connectivity index (χ0n) is 13.8. The average Bonchev–Trinajstić information content (AvgIpc) is 3.26. The second-order valence-corrected chi connectivity index (χ2v) is 8.30. The summed E-state index contributed by atoms with van der Waals surface area (Å²) in [5.41, 5.74) is 1.67. The Morgan fingerprint density at radius 1 is 1.48 bits per heavy atom. The van der Waals surface area contributed by atoms with Crippen molar-refractivity contribution in [2.24, 2.45) is 0 Å². The lowest BCUT2D eigenvalue weighted by atomic mass is 10.2. The number of aromatic nitrogens is 2. The van der Waals surface area contributed by atoms with E-state index in [0.717, 1.165) is 41.0 Å². The summed E-state index contributed by atoms with van der Waals surface area (Å²) < 4.78 is 6.32. The Kier molecular flexibility index (Phi) is 6.52. The Bertz CT molecular complexity index is 735. The predicted molar refractivity (Wildman–Crippen MR) is 103 cm³/mol. The molecule has 1 fully saturated rings. The van der Waals surface area contributed by atoms with Crippen LogP contribution in [0, 0.1) is 6.92 Å². The highest BCUT2D eigenvalue weighted by Gasteiger charge is 2.16. The Morgan fingerprint density at radius 3 is 3.12 bits per heavy atom. The van der Waals surface area contributed by atoms with E-state index in [1.165, 1.54) is 23.1 Å². The number of amides is 1. The molecule has 1 aromatic heterocycles. The molecule has 25 heavy (non-hydrogen) atoms. The average molecular weight is 399 g/mol. The van der Waals surface area contributed by atoms with Crippen LogP contribution in [0.2, 0.25) is 5.02 Å². The summed E-state index contributed by atoms with van der Waals surface area (Å²) in [6, 6.07) is 5.46. The van der Waals surface area contributed by atoms with E-state index in [0.29, 0.717) is 10.7 Å². The number of hydrogen-bond acceptors (Lipinski definition) is 7. The molecule has 6 nitrogen and oxygen atoms in total. The standard InChI is InChI=1S/C16H19ClN4O2S2/c1-10-4-5-11(7-13(10)17)19-14(22)9-24-16-21-20-15(25-16)18-8-12-3-2-6-23-12/h4-5,7,12H,2-3,6,8-9H2,1H3,(H,18,20)(H,19,22). The van der Waals surface area contributed by atoms with E-state index in [1.807, 2.05) is 19.1 Å². The molecule has 1 unspecified atom stereocenters. The molecular formula is C16H19ClN4O2S2. The molecule has 3 rings (SSSR count). The number of anilines is 2. The molecule has 1 saturated heterocycles. The predicted octanol–water partition coefficient (Wildman–Crippen LogP) is 3.82. The highest BCUT2D eigenvalue weighted by Crippen LogP contribution is 2.26. The van der Waals surface area contributed by atoms with E-state index in [1.54, 1.807) is 6.07 Å². The summed E-state index contributed by atoms with van der Waals surface area (Å²) in [5.74, 6) is 0.167. The smallest absolute Gasteiger partial charge is 0.234 e. The normalized spacial score (nSPS) is 16.8. The fourth-order valence-electron chi connectivity index (χ4n) is 2.34. The van der Waals surface area contributed by atoms with Gasteiger partial charge in [-0.05, 0) is 37.5 Å². The van der Waals surface area contributed by atoms with Crippen molar-refractivity contribution in [1.82, 2.24) is 10.2 Å². The second-order valence-electron chi connectivity index (χ2n) is 5.69. The third-order valence-electron chi connectivity index (χ3n) is 3.69. The Balaban J connectivity index is 1.43. The Labute approximate surface area is 159 Å². The molecule has 2 aromatic rings. The van der Waals surface area contributed by atoms with E-state index in [2.05, 4.69) is 20.8 Å². The van der Waals surface area contributed by atoms with Gasteiger partial charge in [0.1, 0.15) is 0 Å². The molecule has 1 aliphatic rings. The highest BCUT2D eigenvalue weighted by atomic mass is 35.5. The first-order chi connectivity index (χ1) is 12.1. The third-order valence-corrected chi connectivity index (χ3v) is 6.12. The number of carbonyl (C=O) groups is 1. The summed E-state index contributed by atoms with van der Waals surface area (Å²) in [6.07, 6.45) is 2.45. The van der Waals surface area contributed by atoms with Crippen LogP contribution in [0.25, 0.3) is 0 Å². The zero-order valence-corrected chi connectivity index (χ0v) is 16.1. The van der Waals surface area contributed by atoms with Crippen LogP contribution in [-0.4, -0.2) is 41.1 Å². The van der Waals surface area contributed by atoms with E-state index in [-0.39, 0.29) is 17.8 Å². The molecule has 1 atom stereocenters. The highest BCUT2D eigenvalue weighted by molar-refractivity contribution is 8.01. The molecule has 0 saturated carbocycles. The van der Waals surface area contributed by atoms with Gasteiger partial charge >= 0.3 is 0 Å². The molecule has 0 spiro atoms. The molecule has 1 amide bonds. The first kappa shape index (κ1) is 18.4. The van der Waals surface area contributed by atoms with Crippen LogP contribution in [0.4, 0.5) is 10.8 Å². The number of ether oxygens (including phenoxy) is 1. The van der Waals surface area contributed by atoms with Gasteiger partial charge in [0.05, 0.1) is 11.9 Å². The number of nitrogens with one attached hydrogen (secondary N) is 2. The van der Waals surface area contributed by atoms with Gasteiger partial charge in [-0.3, -0.25) is 4.79 Å². The molecule has 1 aliphatic heterocycles. The summed E-state index contributed by atoms with van der Waals surface area (Å²) in [5, 5.41) is 15.6. The molecule has 0 aliphatic carbocycles. The molecule has 0 bridgehead atoms. The van der Waals surface area contributed by atoms with Crippen molar-refractivity contribution in [1.29, 1.82) is 0 Å². The number of rotatable bonds is 7. The maximum Gasteiger partial charge on any atom is 0.234 e. The lowest BCUT2D eigenvalue weighted by Gasteiger charge is -2.08. The monoisotopic (exact) mass is 398 g/mol. The van der Waals surface area contributed by atoms with Crippen molar-refractivity contribution in [2.45, 2.75) is 30.2 Å². The largest absolute Gasteiger partial charge is 0.376 e. The van der Waals surface area contributed by atoms with Crippen molar-refractivity contribution in [3.63, 3.8) is 0 Å². The van der Waals surface area contributed by atoms with E-state index < -0.39 is 0 Å². The van der Waals surface area contributed by atoms with Crippen LogP contribution in [0.15, 0.2) is 22.5 Å². The van der Waals surface area contributed by atoms with Gasteiger partial charge in [0.25, 0.3) is 0 Å². The molecule has 0 radical (unpaired) electrons.